The molecule has 26 heavy (non-hydrogen) atoms. The van der Waals surface area contributed by atoms with Gasteiger partial charge in [-0.25, -0.2) is 9.78 Å². The number of aliphatic carboxylic acids is 1. The molecular weight excluding hydrogens is 352 g/mol. The first-order valence-corrected chi connectivity index (χ1v) is 9.76. The van der Waals surface area contributed by atoms with E-state index in [0.29, 0.717) is 28.7 Å². The number of aromatic nitrogens is 3. The van der Waals surface area contributed by atoms with Gasteiger partial charge < -0.3 is 10.0 Å². The van der Waals surface area contributed by atoms with Crippen LogP contribution < -0.4 is 0 Å². The number of hydrogen-bond donors (Lipinski definition) is 1. The second-order valence-electron chi connectivity index (χ2n) is 6.91. The first-order chi connectivity index (χ1) is 12.6. The molecule has 3 unspecified atom stereocenters. The normalized spacial score (nSPS) is 25.1. The number of hydrogen-bond acceptors (Lipinski definition) is 6. The van der Waals surface area contributed by atoms with Crippen molar-refractivity contribution in [1.29, 1.82) is 0 Å². The fourth-order valence-corrected chi connectivity index (χ4v) is 4.98. The lowest BCUT2D eigenvalue weighted by molar-refractivity contribution is -0.149. The summed E-state index contributed by atoms with van der Waals surface area (Å²) in [6, 6.07) is -0.635. The van der Waals surface area contributed by atoms with E-state index >= 15 is 0 Å². The van der Waals surface area contributed by atoms with E-state index in [1.807, 2.05) is 5.38 Å². The number of carbonyl (C=O) groups excluding carboxylic acids is 1. The molecule has 2 aromatic rings. The van der Waals surface area contributed by atoms with Crippen LogP contribution in [0.15, 0.2) is 24.0 Å². The number of amides is 1. The van der Waals surface area contributed by atoms with Crippen LogP contribution in [0, 0.1) is 5.92 Å². The number of rotatable bonds is 4. The smallest absolute Gasteiger partial charge is 0.326 e. The number of nitrogens with zero attached hydrogens (tertiary/aromatic N) is 4. The Labute approximate surface area is 155 Å². The van der Waals surface area contributed by atoms with Crippen molar-refractivity contribution in [3.05, 3.63) is 29.7 Å². The van der Waals surface area contributed by atoms with Crippen molar-refractivity contribution < 1.29 is 14.7 Å². The van der Waals surface area contributed by atoms with Gasteiger partial charge in [-0.2, -0.15) is 0 Å². The van der Waals surface area contributed by atoms with Gasteiger partial charge in [0.15, 0.2) is 0 Å². The Morgan fingerprint density at radius 1 is 1.27 bits per heavy atom. The van der Waals surface area contributed by atoms with E-state index in [1.54, 1.807) is 23.5 Å². The van der Waals surface area contributed by atoms with E-state index < -0.39 is 12.0 Å². The summed E-state index contributed by atoms with van der Waals surface area (Å²) in [6.07, 6.45) is 9.66. The van der Waals surface area contributed by atoms with Gasteiger partial charge in [0.05, 0.1) is 18.3 Å². The lowest BCUT2D eigenvalue weighted by Gasteiger charge is -2.32. The summed E-state index contributed by atoms with van der Waals surface area (Å²) in [5.74, 6) is -0.714. The molecule has 1 saturated carbocycles. The summed E-state index contributed by atoms with van der Waals surface area (Å²) >= 11 is 1.42. The molecule has 1 aliphatic heterocycles. The van der Waals surface area contributed by atoms with E-state index in [2.05, 4.69) is 15.0 Å². The maximum Gasteiger partial charge on any atom is 0.326 e. The summed E-state index contributed by atoms with van der Waals surface area (Å²) < 4.78 is 0. The Morgan fingerprint density at radius 2 is 2.12 bits per heavy atom. The van der Waals surface area contributed by atoms with Crippen LogP contribution in [0.4, 0.5) is 0 Å². The van der Waals surface area contributed by atoms with E-state index in [4.69, 9.17) is 0 Å². The molecule has 1 saturated heterocycles. The molecule has 1 aliphatic carbocycles. The molecule has 2 aliphatic rings. The third-order valence-corrected chi connectivity index (χ3v) is 6.24. The summed E-state index contributed by atoms with van der Waals surface area (Å²) in [6.45, 7) is 0. The van der Waals surface area contributed by atoms with Gasteiger partial charge in [-0.05, 0) is 25.2 Å². The second-order valence-corrected chi connectivity index (χ2v) is 7.77. The fourth-order valence-electron chi connectivity index (χ4n) is 4.20. The maximum atomic E-state index is 12.9. The van der Waals surface area contributed by atoms with Gasteiger partial charge in [0.1, 0.15) is 16.7 Å². The van der Waals surface area contributed by atoms with Gasteiger partial charge in [-0.3, -0.25) is 14.8 Å². The van der Waals surface area contributed by atoms with Crippen LogP contribution >= 0.6 is 11.3 Å². The molecule has 0 radical (unpaired) electrons. The van der Waals surface area contributed by atoms with Crippen molar-refractivity contribution >= 4 is 23.2 Å². The molecule has 4 rings (SSSR count). The highest BCUT2D eigenvalue weighted by Crippen LogP contribution is 2.40. The fraction of sp³-hybridized carbons (Fsp3) is 0.500. The number of carbonyl (C=O) groups is 2. The SMILES string of the molecule is O=C(O)C1CC2CCCCC2N1C(=O)Cc1csc(-c2cnccn2)n1. The molecule has 2 fully saturated rings. The van der Waals surface area contributed by atoms with Crippen molar-refractivity contribution in [2.75, 3.05) is 0 Å². The molecule has 3 atom stereocenters. The second kappa shape index (κ2) is 7.11. The highest BCUT2D eigenvalue weighted by Gasteiger charge is 2.47. The summed E-state index contributed by atoms with van der Waals surface area (Å²) in [5.41, 5.74) is 1.33. The van der Waals surface area contributed by atoms with Crippen molar-refractivity contribution in [1.82, 2.24) is 19.9 Å². The number of carboxylic acids is 1. The standard InChI is InChI=1S/C18H20N4O3S/c23-16(8-12-10-26-17(21-12)13-9-19-5-6-20-13)22-14-4-2-1-3-11(14)7-15(22)18(24)25/h5-6,9-11,14-15H,1-4,7-8H2,(H,24,25). The third kappa shape index (κ3) is 3.21. The quantitative estimate of drug-likeness (QED) is 0.885. The van der Waals surface area contributed by atoms with E-state index in [9.17, 15) is 14.7 Å². The topological polar surface area (TPSA) is 96.3 Å². The Bertz CT molecular complexity index is 810. The first-order valence-electron chi connectivity index (χ1n) is 8.88. The van der Waals surface area contributed by atoms with E-state index in [0.717, 1.165) is 25.7 Å². The van der Waals surface area contributed by atoms with Crippen molar-refractivity contribution in [3.8, 4) is 10.7 Å². The molecule has 1 N–H and O–H groups in total. The minimum atomic E-state index is -0.897. The van der Waals surface area contributed by atoms with Gasteiger partial charge >= 0.3 is 5.97 Å². The number of likely N-dealkylation sites (tertiary alicyclic amines) is 1. The predicted molar refractivity (Wildman–Crippen MR) is 95.5 cm³/mol. The number of carboxylic acid groups (broad SMARTS) is 1. The summed E-state index contributed by atoms with van der Waals surface area (Å²) in [5, 5.41) is 12.1. The van der Waals surface area contributed by atoms with Crippen LogP contribution in [0.3, 0.4) is 0 Å². The first kappa shape index (κ1) is 17.1. The minimum Gasteiger partial charge on any atom is -0.480 e. The average molecular weight is 372 g/mol. The van der Waals surface area contributed by atoms with Crippen molar-refractivity contribution in [2.24, 2.45) is 5.92 Å². The van der Waals surface area contributed by atoms with Crippen LogP contribution in [0.25, 0.3) is 10.7 Å². The van der Waals surface area contributed by atoms with Crippen molar-refractivity contribution in [3.63, 3.8) is 0 Å². The Hall–Kier alpha value is -2.35. The lowest BCUT2D eigenvalue weighted by atomic mass is 9.84. The lowest BCUT2D eigenvalue weighted by Crippen LogP contribution is -2.46. The predicted octanol–water partition coefficient (Wildman–Crippen LogP) is 2.39. The molecule has 3 heterocycles. The number of thiazole rings is 1. The third-order valence-electron chi connectivity index (χ3n) is 5.33. The van der Waals surface area contributed by atoms with Gasteiger partial charge in [0.2, 0.25) is 5.91 Å². The van der Waals surface area contributed by atoms with Gasteiger partial charge in [0, 0.05) is 23.8 Å². The Balaban J connectivity index is 1.52. The van der Waals surface area contributed by atoms with Gasteiger partial charge in [-0.15, -0.1) is 11.3 Å². The van der Waals surface area contributed by atoms with Gasteiger partial charge in [0.25, 0.3) is 0 Å². The molecule has 0 aromatic carbocycles. The average Bonchev–Trinajstić information content (AvgIpc) is 3.27. The van der Waals surface area contributed by atoms with Crippen LogP contribution in [-0.4, -0.2) is 48.9 Å². The molecular formula is C18H20N4O3S. The Kier molecular flexibility index (Phi) is 4.67. The molecule has 1 amide bonds. The monoisotopic (exact) mass is 372 g/mol. The van der Waals surface area contributed by atoms with Crippen LogP contribution in [0.5, 0.6) is 0 Å². The van der Waals surface area contributed by atoms with Crippen LogP contribution in [-0.2, 0) is 16.0 Å². The highest BCUT2D eigenvalue weighted by atomic mass is 32.1. The molecule has 0 bridgehead atoms. The molecule has 136 valence electrons. The highest BCUT2D eigenvalue weighted by molar-refractivity contribution is 7.13. The molecule has 2 aromatic heterocycles. The maximum absolute atomic E-state index is 12.9. The zero-order valence-corrected chi connectivity index (χ0v) is 15.1. The molecule has 0 spiro atoms. The number of fused-ring (bicyclic) bond motifs is 1. The minimum absolute atomic E-state index is 0.0652. The van der Waals surface area contributed by atoms with Gasteiger partial charge in [-0.1, -0.05) is 12.8 Å². The molecule has 7 nitrogen and oxygen atoms in total. The van der Waals surface area contributed by atoms with E-state index in [1.165, 1.54) is 11.3 Å². The summed E-state index contributed by atoms with van der Waals surface area (Å²) in [7, 11) is 0. The largest absolute Gasteiger partial charge is 0.480 e. The van der Waals surface area contributed by atoms with E-state index in [-0.39, 0.29) is 18.4 Å². The zero-order chi connectivity index (χ0) is 18.1. The van der Waals surface area contributed by atoms with Crippen LogP contribution in [0.1, 0.15) is 37.8 Å². The molecule has 8 heteroatoms. The van der Waals surface area contributed by atoms with Crippen LogP contribution in [0.2, 0.25) is 0 Å². The zero-order valence-electron chi connectivity index (χ0n) is 14.2. The van der Waals surface area contributed by atoms with Crippen molar-refractivity contribution in [2.45, 2.75) is 50.6 Å². The summed E-state index contributed by atoms with van der Waals surface area (Å²) in [4.78, 5) is 39.0. The Morgan fingerprint density at radius 3 is 2.88 bits per heavy atom.